The van der Waals surface area contributed by atoms with Gasteiger partial charge in [-0.05, 0) is 18.9 Å². The van der Waals surface area contributed by atoms with E-state index in [2.05, 4.69) is 4.99 Å². The minimum absolute atomic E-state index is 0.140. The first-order valence-corrected chi connectivity index (χ1v) is 5.59. The van der Waals surface area contributed by atoms with Gasteiger partial charge in [0, 0.05) is 18.1 Å². The molecule has 1 aromatic rings. The minimum Gasteiger partial charge on any atom is -0.496 e. The van der Waals surface area contributed by atoms with Gasteiger partial charge in [0.25, 0.3) is 5.92 Å². The van der Waals surface area contributed by atoms with E-state index in [1.807, 2.05) is 0 Å². The Morgan fingerprint density at radius 2 is 2.11 bits per heavy atom. The molecule has 0 amide bonds. The number of hydrogen-bond donors (Lipinski definition) is 0. The van der Waals surface area contributed by atoms with E-state index < -0.39 is 11.5 Å². The maximum Gasteiger partial charge on any atom is 0.271 e. The molecule has 2 rings (SSSR count). The fraction of sp³-hybridized carbons (Fsp3) is 0.462. The van der Waals surface area contributed by atoms with Crippen LogP contribution in [0.3, 0.4) is 0 Å². The minimum atomic E-state index is -3.00. The molecular weight excluding hydrogens is 240 g/mol. The standard InChI is InChI=1S/C13H13F2NO2/c1-12(14,15)9-4-3-5-10(18-2)11(9)13(6-7-13)16-8-17/h3-5H,6-7H2,1-2H3. The zero-order valence-electron chi connectivity index (χ0n) is 10.2. The molecule has 1 fully saturated rings. The van der Waals surface area contributed by atoms with Gasteiger partial charge < -0.3 is 4.74 Å². The number of methoxy groups -OCH3 is 1. The van der Waals surface area contributed by atoms with Gasteiger partial charge in [-0.15, -0.1) is 0 Å². The van der Waals surface area contributed by atoms with Gasteiger partial charge in [-0.3, -0.25) is 0 Å². The van der Waals surface area contributed by atoms with Crippen molar-refractivity contribution in [1.82, 2.24) is 0 Å². The molecule has 0 saturated heterocycles. The molecule has 1 aromatic carbocycles. The lowest BCUT2D eigenvalue weighted by Crippen LogP contribution is -2.17. The van der Waals surface area contributed by atoms with Crippen molar-refractivity contribution in [3.63, 3.8) is 0 Å². The van der Waals surface area contributed by atoms with Crippen LogP contribution in [0.5, 0.6) is 5.75 Å². The Kier molecular flexibility index (Phi) is 2.95. The second kappa shape index (κ2) is 4.18. The molecule has 0 heterocycles. The summed E-state index contributed by atoms with van der Waals surface area (Å²) >= 11 is 0. The zero-order chi connectivity index (χ0) is 13.4. The number of carbonyl (C=O) groups excluding carboxylic acids is 1. The lowest BCUT2D eigenvalue weighted by atomic mass is 9.94. The van der Waals surface area contributed by atoms with E-state index >= 15 is 0 Å². The predicted molar refractivity (Wildman–Crippen MR) is 61.6 cm³/mol. The molecule has 0 bridgehead atoms. The average Bonchev–Trinajstić information content (AvgIpc) is 3.08. The highest BCUT2D eigenvalue weighted by Crippen LogP contribution is 2.55. The first-order chi connectivity index (χ1) is 8.44. The maximum atomic E-state index is 13.6. The molecule has 1 aliphatic rings. The summed E-state index contributed by atoms with van der Waals surface area (Å²) in [7, 11) is 1.41. The summed E-state index contributed by atoms with van der Waals surface area (Å²) in [5.41, 5.74) is -0.704. The molecule has 96 valence electrons. The van der Waals surface area contributed by atoms with Crippen LogP contribution in [0.25, 0.3) is 0 Å². The SMILES string of the molecule is COc1cccc(C(C)(F)F)c1C1(N=C=O)CC1. The first kappa shape index (κ1) is 12.7. The fourth-order valence-electron chi connectivity index (χ4n) is 2.17. The van der Waals surface area contributed by atoms with Crippen LogP contribution in [0.4, 0.5) is 8.78 Å². The highest BCUT2D eigenvalue weighted by atomic mass is 19.3. The Morgan fingerprint density at radius 3 is 2.56 bits per heavy atom. The van der Waals surface area contributed by atoms with Gasteiger partial charge in [-0.1, -0.05) is 12.1 Å². The van der Waals surface area contributed by atoms with Crippen LogP contribution in [0.1, 0.15) is 30.9 Å². The molecule has 3 nitrogen and oxygen atoms in total. The molecule has 0 N–H and O–H groups in total. The van der Waals surface area contributed by atoms with E-state index in [1.54, 1.807) is 6.07 Å². The molecular formula is C13H13F2NO2. The average molecular weight is 253 g/mol. The molecule has 0 atom stereocenters. The molecule has 0 radical (unpaired) electrons. The third-order valence-corrected chi connectivity index (χ3v) is 3.17. The molecule has 18 heavy (non-hydrogen) atoms. The topological polar surface area (TPSA) is 38.7 Å². The van der Waals surface area contributed by atoms with Gasteiger partial charge in [0.15, 0.2) is 0 Å². The van der Waals surface area contributed by atoms with Gasteiger partial charge >= 0.3 is 0 Å². The van der Waals surface area contributed by atoms with Gasteiger partial charge in [0.05, 0.1) is 7.11 Å². The Bertz CT molecular complexity index is 512. The number of hydrogen-bond acceptors (Lipinski definition) is 3. The van der Waals surface area contributed by atoms with Crippen LogP contribution in [-0.2, 0) is 16.3 Å². The summed E-state index contributed by atoms with van der Waals surface area (Å²) < 4.78 is 32.4. The largest absolute Gasteiger partial charge is 0.496 e. The van der Waals surface area contributed by atoms with Crippen LogP contribution in [-0.4, -0.2) is 13.2 Å². The van der Waals surface area contributed by atoms with Crippen LogP contribution >= 0.6 is 0 Å². The van der Waals surface area contributed by atoms with Crippen molar-refractivity contribution in [2.24, 2.45) is 4.99 Å². The van der Waals surface area contributed by atoms with Crippen molar-refractivity contribution >= 4 is 6.08 Å². The van der Waals surface area contributed by atoms with Gasteiger partial charge in [-0.2, -0.15) is 4.99 Å². The summed E-state index contributed by atoms with van der Waals surface area (Å²) in [6, 6.07) is 4.46. The molecule has 5 heteroatoms. The van der Waals surface area contributed by atoms with E-state index in [0.29, 0.717) is 24.2 Å². The van der Waals surface area contributed by atoms with Crippen molar-refractivity contribution in [3.8, 4) is 5.75 Å². The lowest BCUT2D eigenvalue weighted by molar-refractivity contribution is 0.0157. The van der Waals surface area contributed by atoms with Gasteiger partial charge in [-0.25, -0.2) is 13.6 Å². The van der Waals surface area contributed by atoms with Crippen LogP contribution < -0.4 is 4.74 Å². The van der Waals surface area contributed by atoms with Crippen LogP contribution in [0.2, 0.25) is 0 Å². The summed E-state index contributed by atoms with van der Waals surface area (Å²) in [6.45, 7) is 0.825. The number of nitrogens with zero attached hydrogens (tertiary/aromatic N) is 1. The Labute approximate surface area is 103 Å². The molecule has 0 spiro atoms. The van der Waals surface area contributed by atoms with Gasteiger partial charge in [0.2, 0.25) is 6.08 Å². The Morgan fingerprint density at radius 1 is 1.44 bits per heavy atom. The van der Waals surface area contributed by atoms with Crippen molar-refractivity contribution in [3.05, 3.63) is 29.3 Å². The molecule has 0 aromatic heterocycles. The Hall–Kier alpha value is -1.74. The number of halogens is 2. The van der Waals surface area contributed by atoms with E-state index in [9.17, 15) is 13.6 Å². The smallest absolute Gasteiger partial charge is 0.271 e. The number of benzene rings is 1. The third kappa shape index (κ3) is 2.02. The maximum absolute atomic E-state index is 13.6. The molecule has 0 aliphatic heterocycles. The third-order valence-electron chi connectivity index (χ3n) is 3.17. The van der Waals surface area contributed by atoms with E-state index in [0.717, 1.165) is 6.92 Å². The fourth-order valence-corrected chi connectivity index (χ4v) is 2.17. The van der Waals surface area contributed by atoms with Crippen molar-refractivity contribution in [1.29, 1.82) is 0 Å². The number of ether oxygens (including phenoxy) is 1. The number of alkyl halides is 2. The highest BCUT2D eigenvalue weighted by Gasteiger charge is 2.50. The zero-order valence-corrected chi connectivity index (χ0v) is 10.2. The Balaban J connectivity index is 2.67. The summed E-state index contributed by atoms with van der Waals surface area (Å²) in [4.78, 5) is 14.2. The molecule has 1 saturated carbocycles. The van der Waals surface area contributed by atoms with Crippen LogP contribution in [0, 0.1) is 0 Å². The van der Waals surface area contributed by atoms with Crippen molar-refractivity contribution < 1.29 is 18.3 Å². The van der Waals surface area contributed by atoms with E-state index in [4.69, 9.17) is 4.74 Å². The number of aliphatic imine (C=N–C) groups is 1. The van der Waals surface area contributed by atoms with Crippen LogP contribution in [0.15, 0.2) is 23.2 Å². The summed E-state index contributed by atoms with van der Waals surface area (Å²) in [6.07, 6.45) is 2.60. The second-order valence-electron chi connectivity index (χ2n) is 4.51. The molecule has 0 unspecified atom stereocenters. The second-order valence-corrected chi connectivity index (χ2v) is 4.51. The summed E-state index contributed by atoms with van der Waals surface area (Å²) in [5.74, 6) is -2.66. The van der Waals surface area contributed by atoms with Gasteiger partial charge in [0.1, 0.15) is 11.3 Å². The van der Waals surface area contributed by atoms with E-state index in [1.165, 1.54) is 25.3 Å². The predicted octanol–water partition coefficient (Wildman–Crippen LogP) is 3.13. The monoisotopic (exact) mass is 253 g/mol. The summed E-state index contributed by atoms with van der Waals surface area (Å²) in [5, 5.41) is 0. The number of rotatable bonds is 4. The quantitative estimate of drug-likeness (QED) is 0.610. The van der Waals surface area contributed by atoms with Crippen molar-refractivity contribution in [2.75, 3.05) is 7.11 Å². The lowest BCUT2D eigenvalue weighted by Gasteiger charge is -2.21. The number of isocyanates is 1. The normalized spacial score (nSPS) is 16.9. The first-order valence-electron chi connectivity index (χ1n) is 5.59. The molecule has 1 aliphatic carbocycles. The van der Waals surface area contributed by atoms with E-state index in [-0.39, 0.29) is 5.56 Å². The van der Waals surface area contributed by atoms with Crippen molar-refractivity contribution in [2.45, 2.75) is 31.2 Å². The highest BCUT2D eigenvalue weighted by molar-refractivity contribution is 5.52.